The Hall–Kier alpha value is -0.170. The quantitative estimate of drug-likeness (QED) is 0.610. The second-order valence-corrected chi connectivity index (χ2v) is 5.45. The van der Waals surface area contributed by atoms with Crippen molar-refractivity contribution in [1.29, 1.82) is 0 Å². The number of nitrogens with one attached hydrogen (secondary N) is 1. The summed E-state index contributed by atoms with van der Waals surface area (Å²) in [4.78, 5) is 0. The van der Waals surface area contributed by atoms with Crippen molar-refractivity contribution in [3.8, 4) is 0 Å². The summed E-state index contributed by atoms with van der Waals surface area (Å²) in [5.41, 5.74) is 0. The summed E-state index contributed by atoms with van der Waals surface area (Å²) in [7, 11) is -3.33. The molecule has 0 aromatic carbocycles. The molecule has 14 heavy (non-hydrogen) atoms. The second-order valence-electron chi connectivity index (χ2n) is 3.72. The van der Waals surface area contributed by atoms with Crippen molar-refractivity contribution in [2.45, 2.75) is 32.0 Å². The zero-order chi connectivity index (χ0) is 10.6. The monoisotopic (exact) mass is 222 g/mol. The Morgan fingerprint density at radius 2 is 2.21 bits per heavy atom. The molecule has 0 radical (unpaired) electrons. The molecule has 84 valence electrons. The number of hydrogen-bond donors (Lipinski definition) is 2. The first-order chi connectivity index (χ1) is 6.47. The molecule has 3 N–H and O–H groups in total. The topological polar surface area (TPSA) is 81.4 Å². The first kappa shape index (κ1) is 11.9. The van der Waals surface area contributed by atoms with Crippen LogP contribution < -0.4 is 10.5 Å². The van der Waals surface area contributed by atoms with E-state index in [2.05, 4.69) is 5.32 Å². The van der Waals surface area contributed by atoms with E-state index < -0.39 is 10.0 Å². The standard InChI is InChI=1S/C8H18N2O3S/c1-7-2-3-8(13-7)6-10-4-5-14(9,11)12/h7-8,10H,2-6H2,1H3,(H2,9,11,12). The van der Waals surface area contributed by atoms with E-state index in [0.717, 1.165) is 12.8 Å². The van der Waals surface area contributed by atoms with Gasteiger partial charge in [-0.1, -0.05) is 0 Å². The van der Waals surface area contributed by atoms with Crippen LogP contribution in [0.3, 0.4) is 0 Å². The predicted octanol–water partition coefficient (Wildman–Crippen LogP) is -0.568. The van der Waals surface area contributed by atoms with Gasteiger partial charge in [0.25, 0.3) is 0 Å². The van der Waals surface area contributed by atoms with Gasteiger partial charge in [-0.25, -0.2) is 13.6 Å². The summed E-state index contributed by atoms with van der Waals surface area (Å²) in [6.07, 6.45) is 2.69. The van der Waals surface area contributed by atoms with Gasteiger partial charge in [-0.3, -0.25) is 0 Å². The van der Waals surface area contributed by atoms with E-state index in [1.807, 2.05) is 6.92 Å². The van der Waals surface area contributed by atoms with Crippen molar-refractivity contribution in [1.82, 2.24) is 5.32 Å². The third-order valence-electron chi connectivity index (χ3n) is 2.26. The van der Waals surface area contributed by atoms with Gasteiger partial charge in [-0.2, -0.15) is 0 Å². The van der Waals surface area contributed by atoms with Crippen molar-refractivity contribution in [2.24, 2.45) is 5.14 Å². The SMILES string of the molecule is CC1CCC(CNCCS(N)(=O)=O)O1. The van der Waals surface area contributed by atoms with Crippen LogP contribution in [0.4, 0.5) is 0 Å². The first-order valence-electron chi connectivity index (χ1n) is 4.84. The molecule has 0 bridgehead atoms. The Kier molecular flexibility index (Phi) is 4.31. The van der Waals surface area contributed by atoms with Gasteiger partial charge >= 0.3 is 0 Å². The lowest BCUT2D eigenvalue weighted by Gasteiger charge is -2.11. The van der Waals surface area contributed by atoms with Crippen LogP contribution in [0.5, 0.6) is 0 Å². The molecule has 1 rings (SSSR count). The van der Waals surface area contributed by atoms with Gasteiger partial charge in [0.05, 0.1) is 18.0 Å². The molecule has 1 aliphatic heterocycles. The fraction of sp³-hybridized carbons (Fsp3) is 1.00. The molecule has 0 saturated carbocycles. The third-order valence-corrected chi connectivity index (χ3v) is 3.03. The van der Waals surface area contributed by atoms with Crippen LogP contribution in [-0.4, -0.2) is 39.5 Å². The zero-order valence-corrected chi connectivity index (χ0v) is 9.22. The Morgan fingerprint density at radius 1 is 1.50 bits per heavy atom. The summed E-state index contributed by atoms with van der Waals surface area (Å²) >= 11 is 0. The summed E-state index contributed by atoms with van der Waals surface area (Å²) in [5.74, 6) is -0.0186. The maximum atomic E-state index is 10.6. The average molecular weight is 222 g/mol. The molecule has 1 heterocycles. The summed E-state index contributed by atoms with van der Waals surface area (Å²) in [6.45, 7) is 3.15. The minimum absolute atomic E-state index is 0.0186. The van der Waals surface area contributed by atoms with E-state index in [4.69, 9.17) is 9.88 Å². The molecule has 1 saturated heterocycles. The smallest absolute Gasteiger partial charge is 0.210 e. The number of primary sulfonamides is 1. The highest BCUT2D eigenvalue weighted by atomic mass is 32.2. The van der Waals surface area contributed by atoms with Crippen LogP contribution in [0.1, 0.15) is 19.8 Å². The molecule has 1 fully saturated rings. The van der Waals surface area contributed by atoms with Crippen LogP contribution in [0, 0.1) is 0 Å². The van der Waals surface area contributed by atoms with Crippen molar-refractivity contribution >= 4 is 10.0 Å². The predicted molar refractivity (Wildman–Crippen MR) is 54.4 cm³/mol. The Morgan fingerprint density at radius 3 is 2.71 bits per heavy atom. The fourth-order valence-corrected chi connectivity index (χ4v) is 1.94. The van der Waals surface area contributed by atoms with Gasteiger partial charge in [0, 0.05) is 13.1 Å². The van der Waals surface area contributed by atoms with E-state index in [1.165, 1.54) is 0 Å². The van der Waals surface area contributed by atoms with Gasteiger partial charge in [-0.05, 0) is 19.8 Å². The van der Waals surface area contributed by atoms with E-state index in [9.17, 15) is 8.42 Å². The molecule has 1 aliphatic rings. The van der Waals surface area contributed by atoms with Gasteiger partial charge < -0.3 is 10.1 Å². The highest BCUT2D eigenvalue weighted by molar-refractivity contribution is 7.89. The van der Waals surface area contributed by atoms with Crippen LogP contribution in [0.2, 0.25) is 0 Å². The van der Waals surface area contributed by atoms with Crippen LogP contribution in [0.25, 0.3) is 0 Å². The molecule has 2 atom stereocenters. The molecule has 0 amide bonds. The Labute approximate surface area is 85.1 Å². The molecule has 6 heteroatoms. The zero-order valence-electron chi connectivity index (χ0n) is 8.40. The second kappa shape index (κ2) is 5.06. The molecule has 0 aliphatic carbocycles. The van der Waals surface area contributed by atoms with E-state index in [-0.39, 0.29) is 11.9 Å². The van der Waals surface area contributed by atoms with Crippen LogP contribution >= 0.6 is 0 Å². The molecular weight excluding hydrogens is 204 g/mol. The van der Waals surface area contributed by atoms with Crippen LogP contribution in [-0.2, 0) is 14.8 Å². The van der Waals surface area contributed by atoms with Crippen molar-refractivity contribution in [2.75, 3.05) is 18.8 Å². The normalized spacial score (nSPS) is 28.1. The first-order valence-corrected chi connectivity index (χ1v) is 6.55. The maximum absolute atomic E-state index is 10.6. The number of hydrogen-bond acceptors (Lipinski definition) is 4. The maximum Gasteiger partial charge on any atom is 0.210 e. The van der Waals surface area contributed by atoms with Crippen molar-refractivity contribution < 1.29 is 13.2 Å². The summed E-state index contributed by atoms with van der Waals surface area (Å²) in [6, 6.07) is 0. The third kappa shape index (κ3) is 4.90. The molecule has 0 aromatic rings. The van der Waals surface area contributed by atoms with E-state index >= 15 is 0 Å². The van der Waals surface area contributed by atoms with Gasteiger partial charge in [0.2, 0.25) is 10.0 Å². The lowest BCUT2D eigenvalue weighted by molar-refractivity contribution is 0.0564. The minimum Gasteiger partial charge on any atom is -0.374 e. The van der Waals surface area contributed by atoms with E-state index in [0.29, 0.717) is 19.2 Å². The number of rotatable bonds is 5. The Bertz CT molecular complexity index is 266. The Balaban J connectivity index is 2.05. The lowest BCUT2D eigenvalue weighted by atomic mass is 10.2. The minimum atomic E-state index is -3.33. The summed E-state index contributed by atoms with van der Waals surface area (Å²) in [5, 5.41) is 7.87. The fourth-order valence-electron chi connectivity index (χ4n) is 1.51. The molecule has 0 spiro atoms. The molecule has 5 nitrogen and oxygen atoms in total. The average Bonchev–Trinajstić information content (AvgIpc) is 2.44. The lowest BCUT2D eigenvalue weighted by Crippen LogP contribution is -2.32. The van der Waals surface area contributed by atoms with Gasteiger partial charge in [0.15, 0.2) is 0 Å². The molecular formula is C8H18N2O3S. The molecule has 0 aromatic heterocycles. The molecule has 2 unspecified atom stereocenters. The van der Waals surface area contributed by atoms with Gasteiger partial charge in [0.1, 0.15) is 0 Å². The van der Waals surface area contributed by atoms with Crippen LogP contribution in [0.15, 0.2) is 0 Å². The highest BCUT2D eigenvalue weighted by Gasteiger charge is 2.20. The number of ether oxygens (including phenoxy) is 1. The summed E-state index contributed by atoms with van der Waals surface area (Å²) < 4.78 is 26.7. The number of nitrogens with two attached hydrogens (primary N) is 1. The van der Waals surface area contributed by atoms with Crippen molar-refractivity contribution in [3.05, 3.63) is 0 Å². The number of sulfonamides is 1. The van der Waals surface area contributed by atoms with E-state index in [1.54, 1.807) is 0 Å². The van der Waals surface area contributed by atoms with Gasteiger partial charge in [-0.15, -0.1) is 0 Å². The van der Waals surface area contributed by atoms with Crippen molar-refractivity contribution in [3.63, 3.8) is 0 Å². The highest BCUT2D eigenvalue weighted by Crippen LogP contribution is 2.17. The largest absolute Gasteiger partial charge is 0.374 e.